The van der Waals surface area contributed by atoms with Gasteiger partial charge in [0.15, 0.2) is 0 Å². The molecule has 2 atom stereocenters. The number of hydrogen-bond donors (Lipinski definition) is 2. The van der Waals surface area contributed by atoms with E-state index >= 15 is 0 Å². The predicted molar refractivity (Wildman–Crippen MR) is 79.4 cm³/mol. The van der Waals surface area contributed by atoms with Gasteiger partial charge in [-0.05, 0) is 25.0 Å². The first-order valence-corrected chi connectivity index (χ1v) is 6.92. The van der Waals surface area contributed by atoms with Gasteiger partial charge in [0.05, 0.1) is 24.6 Å². The van der Waals surface area contributed by atoms with E-state index in [1.807, 2.05) is 0 Å². The summed E-state index contributed by atoms with van der Waals surface area (Å²) in [5, 5.41) is 12.5. The van der Waals surface area contributed by atoms with E-state index in [1.165, 1.54) is 7.11 Å². The highest BCUT2D eigenvalue weighted by Crippen LogP contribution is 2.33. The van der Waals surface area contributed by atoms with E-state index in [1.54, 1.807) is 30.3 Å². The number of carbonyl (C=O) groups excluding carboxylic acids is 1. The van der Waals surface area contributed by atoms with Crippen LogP contribution in [0.4, 0.5) is 5.69 Å². The van der Waals surface area contributed by atoms with Crippen LogP contribution in [0.1, 0.15) is 12.8 Å². The van der Waals surface area contributed by atoms with Gasteiger partial charge in [0.2, 0.25) is 5.91 Å². The van der Waals surface area contributed by atoms with Gasteiger partial charge < -0.3 is 15.2 Å². The first-order chi connectivity index (χ1) is 10.0. The molecule has 0 saturated carbocycles. The van der Waals surface area contributed by atoms with Crippen LogP contribution < -0.4 is 10.1 Å². The van der Waals surface area contributed by atoms with Gasteiger partial charge >= 0.3 is 5.97 Å². The monoisotopic (exact) mass is 309 g/mol. The maximum absolute atomic E-state index is 12.4. The van der Waals surface area contributed by atoms with Gasteiger partial charge in [0, 0.05) is 5.03 Å². The third-order valence-electron chi connectivity index (χ3n) is 3.51. The molecule has 0 spiro atoms. The number of amides is 1. The number of hydrogen-bond acceptors (Lipinski definition) is 3. The van der Waals surface area contributed by atoms with Crippen LogP contribution in [0.3, 0.4) is 0 Å². The molecule has 0 unspecified atom stereocenters. The topological polar surface area (TPSA) is 75.6 Å². The number of aliphatic carboxylic acids is 1. The van der Waals surface area contributed by atoms with E-state index in [4.69, 9.17) is 16.3 Å². The van der Waals surface area contributed by atoms with Gasteiger partial charge in [0.25, 0.3) is 0 Å². The lowest BCUT2D eigenvalue weighted by atomic mass is 9.82. The van der Waals surface area contributed by atoms with Crippen molar-refractivity contribution in [2.24, 2.45) is 11.8 Å². The van der Waals surface area contributed by atoms with Crippen LogP contribution in [0.2, 0.25) is 0 Å². The number of halogens is 1. The van der Waals surface area contributed by atoms with Crippen LogP contribution in [0, 0.1) is 11.8 Å². The lowest BCUT2D eigenvalue weighted by Gasteiger charge is -2.26. The van der Waals surface area contributed by atoms with E-state index in [0.29, 0.717) is 16.5 Å². The van der Waals surface area contributed by atoms with Crippen LogP contribution in [0.5, 0.6) is 5.75 Å². The Labute approximate surface area is 127 Å². The lowest BCUT2D eigenvalue weighted by Crippen LogP contribution is -2.35. The van der Waals surface area contributed by atoms with Crippen LogP contribution in [0.25, 0.3) is 0 Å². The normalized spacial score (nSPS) is 21.3. The highest BCUT2D eigenvalue weighted by Gasteiger charge is 2.36. The van der Waals surface area contributed by atoms with Crippen LogP contribution >= 0.6 is 11.6 Å². The van der Waals surface area contributed by atoms with E-state index in [0.717, 1.165) is 0 Å². The Morgan fingerprint density at radius 1 is 1.33 bits per heavy atom. The standard InChI is InChI=1S/C15H16ClNO4/c1-21-13-5-3-2-4-12(13)17-14(18)11-8-9(16)6-7-10(11)15(19)20/h2-6,10-11H,7-8H2,1H3,(H,17,18)(H,19,20)/t10-,11-/m0/s1. The maximum Gasteiger partial charge on any atom is 0.307 e. The van der Waals surface area contributed by atoms with E-state index < -0.39 is 17.8 Å². The predicted octanol–water partition coefficient (Wildman–Crippen LogP) is 2.87. The van der Waals surface area contributed by atoms with Crippen molar-refractivity contribution in [2.75, 3.05) is 12.4 Å². The minimum absolute atomic E-state index is 0.236. The number of nitrogens with one attached hydrogen (secondary N) is 1. The van der Waals surface area contributed by atoms with Crippen LogP contribution in [-0.2, 0) is 9.59 Å². The Bertz CT molecular complexity index is 585. The molecule has 1 aliphatic carbocycles. The maximum atomic E-state index is 12.4. The van der Waals surface area contributed by atoms with Crippen LogP contribution in [-0.4, -0.2) is 24.1 Å². The summed E-state index contributed by atoms with van der Waals surface area (Å²) in [4.78, 5) is 23.7. The van der Waals surface area contributed by atoms with E-state index in [2.05, 4.69) is 5.32 Å². The van der Waals surface area contributed by atoms with Crippen molar-refractivity contribution in [3.63, 3.8) is 0 Å². The molecule has 5 nitrogen and oxygen atoms in total. The number of benzene rings is 1. The van der Waals surface area contributed by atoms with Gasteiger partial charge in [0.1, 0.15) is 5.75 Å². The van der Waals surface area contributed by atoms with Gasteiger partial charge in [-0.1, -0.05) is 29.8 Å². The van der Waals surface area contributed by atoms with Gasteiger partial charge in [-0.15, -0.1) is 0 Å². The second-order valence-electron chi connectivity index (χ2n) is 4.83. The Kier molecular flexibility index (Phi) is 4.85. The van der Waals surface area contributed by atoms with Crippen molar-refractivity contribution < 1.29 is 19.4 Å². The highest BCUT2D eigenvalue weighted by atomic mass is 35.5. The minimum atomic E-state index is -0.990. The average molecular weight is 310 g/mol. The molecule has 1 aliphatic rings. The van der Waals surface area contributed by atoms with Crippen molar-refractivity contribution in [3.05, 3.63) is 35.4 Å². The fourth-order valence-corrected chi connectivity index (χ4v) is 2.63. The van der Waals surface area contributed by atoms with Crippen LogP contribution in [0.15, 0.2) is 35.4 Å². The molecule has 112 valence electrons. The molecule has 0 aliphatic heterocycles. The summed E-state index contributed by atoms with van der Waals surface area (Å²) in [6.45, 7) is 0. The Balaban J connectivity index is 2.18. The quantitative estimate of drug-likeness (QED) is 0.896. The zero-order valence-corrected chi connectivity index (χ0v) is 12.3. The molecule has 1 aromatic carbocycles. The Morgan fingerprint density at radius 3 is 2.71 bits per heavy atom. The zero-order chi connectivity index (χ0) is 15.4. The highest BCUT2D eigenvalue weighted by molar-refractivity contribution is 6.29. The summed E-state index contributed by atoms with van der Waals surface area (Å²) in [7, 11) is 1.51. The van der Waals surface area contributed by atoms with Crippen molar-refractivity contribution in [3.8, 4) is 5.75 Å². The Morgan fingerprint density at radius 2 is 2.05 bits per heavy atom. The van der Waals surface area contributed by atoms with Crippen molar-refractivity contribution in [2.45, 2.75) is 12.8 Å². The van der Waals surface area contributed by atoms with Gasteiger partial charge in [-0.25, -0.2) is 0 Å². The first-order valence-electron chi connectivity index (χ1n) is 6.54. The number of carboxylic acids is 1. The zero-order valence-electron chi connectivity index (χ0n) is 11.5. The summed E-state index contributed by atoms with van der Waals surface area (Å²) in [6, 6.07) is 6.97. The number of carbonyl (C=O) groups is 2. The molecule has 2 rings (SSSR count). The Hall–Kier alpha value is -2.01. The first kappa shape index (κ1) is 15.4. The number of para-hydroxylation sites is 2. The number of ether oxygens (including phenoxy) is 1. The van der Waals surface area contributed by atoms with Crippen molar-refractivity contribution >= 4 is 29.2 Å². The summed E-state index contributed by atoms with van der Waals surface area (Å²) < 4.78 is 5.16. The minimum Gasteiger partial charge on any atom is -0.495 e. The number of carboxylic acid groups (broad SMARTS) is 1. The van der Waals surface area contributed by atoms with Crippen molar-refractivity contribution in [1.29, 1.82) is 0 Å². The molecule has 2 N–H and O–H groups in total. The third-order valence-corrected chi connectivity index (χ3v) is 3.82. The molecule has 0 heterocycles. The molecule has 0 aromatic heterocycles. The summed E-state index contributed by atoms with van der Waals surface area (Å²) in [6.07, 6.45) is 2.16. The summed E-state index contributed by atoms with van der Waals surface area (Å²) in [5.41, 5.74) is 0.514. The van der Waals surface area contributed by atoms with E-state index in [9.17, 15) is 14.7 Å². The molecule has 0 radical (unpaired) electrons. The number of methoxy groups -OCH3 is 1. The fourth-order valence-electron chi connectivity index (χ4n) is 2.38. The summed E-state index contributed by atoms with van der Waals surface area (Å²) >= 11 is 5.95. The molecule has 6 heteroatoms. The van der Waals surface area contributed by atoms with Crippen molar-refractivity contribution in [1.82, 2.24) is 0 Å². The molecule has 21 heavy (non-hydrogen) atoms. The molecular formula is C15H16ClNO4. The molecule has 0 saturated heterocycles. The molecular weight excluding hydrogens is 294 g/mol. The molecule has 0 fully saturated rings. The largest absolute Gasteiger partial charge is 0.495 e. The van der Waals surface area contributed by atoms with Gasteiger partial charge in [-0.3, -0.25) is 9.59 Å². The fraction of sp³-hybridized carbons (Fsp3) is 0.333. The van der Waals surface area contributed by atoms with E-state index in [-0.39, 0.29) is 18.7 Å². The lowest BCUT2D eigenvalue weighted by molar-refractivity contribution is -0.146. The second-order valence-corrected chi connectivity index (χ2v) is 5.32. The smallest absolute Gasteiger partial charge is 0.307 e. The average Bonchev–Trinajstić information content (AvgIpc) is 2.47. The molecule has 1 aromatic rings. The van der Waals surface area contributed by atoms with Gasteiger partial charge in [-0.2, -0.15) is 0 Å². The molecule has 0 bridgehead atoms. The SMILES string of the molecule is COc1ccccc1NC(=O)[C@H]1CC(Cl)=CC[C@@H]1C(=O)O. The molecule has 1 amide bonds. The second kappa shape index (κ2) is 6.63. The number of allylic oxidation sites excluding steroid dienone is 2. The number of rotatable bonds is 4. The summed E-state index contributed by atoms with van der Waals surface area (Å²) in [5.74, 6) is -2.28. The number of anilines is 1. The third kappa shape index (κ3) is 3.55.